The summed E-state index contributed by atoms with van der Waals surface area (Å²) in [5.41, 5.74) is 4.94. The zero-order valence-electron chi connectivity index (χ0n) is 14.6. The summed E-state index contributed by atoms with van der Waals surface area (Å²) in [6.45, 7) is 3.82. The molecule has 0 unspecified atom stereocenters. The summed E-state index contributed by atoms with van der Waals surface area (Å²) in [5, 5.41) is 0. The van der Waals surface area contributed by atoms with E-state index in [1.54, 1.807) is 0 Å². The molecule has 0 atom stereocenters. The predicted octanol–water partition coefficient (Wildman–Crippen LogP) is 4.35. The van der Waals surface area contributed by atoms with Crippen molar-refractivity contribution in [2.45, 2.75) is 32.6 Å². The number of amides is 1. The highest BCUT2D eigenvalue weighted by Gasteiger charge is 2.18. The van der Waals surface area contributed by atoms with E-state index in [1.165, 1.54) is 18.4 Å². The zero-order chi connectivity index (χ0) is 17.2. The van der Waals surface area contributed by atoms with Crippen LogP contribution in [0.1, 0.15) is 41.6 Å². The maximum atomic E-state index is 12.8. The second-order valence-electron chi connectivity index (χ2n) is 6.86. The van der Waals surface area contributed by atoms with Gasteiger partial charge in [0.05, 0.1) is 11.0 Å². The first kappa shape index (κ1) is 15.9. The SMILES string of the molecule is Cc1cccc(-n2cnc3cc(C(=O)N4CCCCCC4)ccc32)c1. The number of fused-ring (bicyclic) bond motifs is 1. The number of rotatable bonds is 2. The number of carbonyl (C=O) groups is 1. The molecule has 0 aliphatic carbocycles. The van der Waals surface area contributed by atoms with E-state index in [4.69, 9.17) is 0 Å². The Hall–Kier alpha value is -2.62. The predicted molar refractivity (Wildman–Crippen MR) is 100 cm³/mol. The van der Waals surface area contributed by atoms with Crippen LogP contribution in [0.5, 0.6) is 0 Å². The lowest BCUT2D eigenvalue weighted by Crippen LogP contribution is -2.31. The second kappa shape index (κ2) is 6.71. The van der Waals surface area contributed by atoms with E-state index in [9.17, 15) is 4.79 Å². The second-order valence-corrected chi connectivity index (χ2v) is 6.86. The molecule has 4 rings (SSSR count). The summed E-state index contributed by atoms with van der Waals surface area (Å²) in [6.07, 6.45) is 6.50. The molecular formula is C21H23N3O. The molecule has 0 bridgehead atoms. The number of benzene rings is 2. The van der Waals surface area contributed by atoms with Crippen LogP contribution in [0.25, 0.3) is 16.7 Å². The summed E-state index contributed by atoms with van der Waals surface area (Å²) in [4.78, 5) is 19.3. The van der Waals surface area contributed by atoms with Gasteiger partial charge in [-0.2, -0.15) is 0 Å². The van der Waals surface area contributed by atoms with Gasteiger partial charge in [0, 0.05) is 24.3 Å². The largest absolute Gasteiger partial charge is 0.339 e. The number of carbonyl (C=O) groups excluding carboxylic acids is 1. The fourth-order valence-corrected chi connectivity index (χ4v) is 3.59. The number of nitrogens with zero attached hydrogens (tertiary/aromatic N) is 3. The Kier molecular flexibility index (Phi) is 4.26. The summed E-state index contributed by atoms with van der Waals surface area (Å²) in [7, 11) is 0. The molecule has 1 amide bonds. The van der Waals surface area contributed by atoms with Crippen molar-refractivity contribution in [3.05, 3.63) is 59.9 Å². The molecule has 128 valence electrons. The summed E-state index contributed by atoms with van der Waals surface area (Å²) in [6, 6.07) is 14.2. The number of hydrogen-bond acceptors (Lipinski definition) is 2. The zero-order valence-corrected chi connectivity index (χ0v) is 14.6. The third-order valence-corrected chi connectivity index (χ3v) is 4.97. The van der Waals surface area contributed by atoms with Crippen molar-refractivity contribution in [2.24, 2.45) is 0 Å². The van der Waals surface area contributed by atoms with Gasteiger partial charge in [-0.15, -0.1) is 0 Å². The first-order chi connectivity index (χ1) is 12.2. The molecule has 4 heteroatoms. The molecule has 1 fully saturated rings. The van der Waals surface area contributed by atoms with Gasteiger partial charge in [0.2, 0.25) is 0 Å². The number of likely N-dealkylation sites (tertiary alicyclic amines) is 1. The molecule has 0 spiro atoms. The van der Waals surface area contributed by atoms with Crippen molar-refractivity contribution < 1.29 is 4.79 Å². The van der Waals surface area contributed by atoms with Crippen molar-refractivity contribution in [2.75, 3.05) is 13.1 Å². The van der Waals surface area contributed by atoms with Gasteiger partial charge in [0.15, 0.2) is 0 Å². The number of aryl methyl sites for hydroxylation is 1. The number of hydrogen-bond donors (Lipinski definition) is 0. The molecule has 0 radical (unpaired) electrons. The molecule has 25 heavy (non-hydrogen) atoms. The van der Waals surface area contributed by atoms with Crippen molar-refractivity contribution in [3.8, 4) is 5.69 Å². The van der Waals surface area contributed by atoms with E-state index in [2.05, 4.69) is 34.7 Å². The lowest BCUT2D eigenvalue weighted by molar-refractivity contribution is 0.0762. The fourth-order valence-electron chi connectivity index (χ4n) is 3.59. The summed E-state index contributed by atoms with van der Waals surface area (Å²) >= 11 is 0. The van der Waals surface area contributed by atoms with E-state index >= 15 is 0 Å². The Morgan fingerprint density at radius 3 is 2.56 bits per heavy atom. The molecule has 1 aliphatic heterocycles. The first-order valence-electron chi connectivity index (χ1n) is 9.06. The van der Waals surface area contributed by atoms with Gasteiger partial charge in [0.25, 0.3) is 5.91 Å². The van der Waals surface area contributed by atoms with Crippen LogP contribution in [0.4, 0.5) is 0 Å². The van der Waals surface area contributed by atoms with Gasteiger partial charge in [-0.3, -0.25) is 9.36 Å². The van der Waals surface area contributed by atoms with E-state index < -0.39 is 0 Å². The highest BCUT2D eigenvalue weighted by atomic mass is 16.2. The molecule has 2 aromatic carbocycles. The van der Waals surface area contributed by atoms with E-state index in [0.717, 1.165) is 48.2 Å². The highest BCUT2D eigenvalue weighted by molar-refractivity contribution is 5.97. The van der Waals surface area contributed by atoms with Gasteiger partial charge in [-0.25, -0.2) is 4.98 Å². The smallest absolute Gasteiger partial charge is 0.253 e. The Morgan fingerprint density at radius 2 is 1.80 bits per heavy atom. The van der Waals surface area contributed by atoms with Crippen LogP contribution in [0, 0.1) is 6.92 Å². The van der Waals surface area contributed by atoms with Crippen molar-refractivity contribution in [1.29, 1.82) is 0 Å². The van der Waals surface area contributed by atoms with Crippen molar-refractivity contribution in [1.82, 2.24) is 14.5 Å². The van der Waals surface area contributed by atoms with Gasteiger partial charge in [0.1, 0.15) is 6.33 Å². The third-order valence-electron chi connectivity index (χ3n) is 4.97. The van der Waals surface area contributed by atoms with Crippen LogP contribution < -0.4 is 0 Å². The molecule has 1 aliphatic rings. The standard InChI is InChI=1S/C21H23N3O/c1-16-7-6-8-18(13-16)24-15-22-19-14-17(9-10-20(19)24)21(25)23-11-4-2-3-5-12-23/h6-10,13-15H,2-5,11-12H2,1H3. The minimum atomic E-state index is 0.133. The van der Waals surface area contributed by atoms with Crippen LogP contribution in [0.2, 0.25) is 0 Å². The molecule has 0 N–H and O–H groups in total. The maximum Gasteiger partial charge on any atom is 0.253 e. The van der Waals surface area contributed by atoms with Crippen LogP contribution in [0.15, 0.2) is 48.8 Å². The van der Waals surface area contributed by atoms with Gasteiger partial charge < -0.3 is 4.90 Å². The average Bonchev–Trinajstić information content (AvgIpc) is 2.85. The Bertz CT molecular complexity index is 904. The van der Waals surface area contributed by atoms with Crippen molar-refractivity contribution in [3.63, 3.8) is 0 Å². The quantitative estimate of drug-likeness (QED) is 0.699. The Labute approximate surface area is 148 Å². The van der Waals surface area contributed by atoms with Crippen LogP contribution in [0.3, 0.4) is 0 Å². The van der Waals surface area contributed by atoms with E-state index in [1.807, 2.05) is 35.5 Å². The number of imidazole rings is 1. The lowest BCUT2D eigenvalue weighted by atomic mass is 10.1. The minimum absolute atomic E-state index is 0.133. The topological polar surface area (TPSA) is 38.1 Å². The minimum Gasteiger partial charge on any atom is -0.339 e. The van der Waals surface area contributed by atoms with Crippen molar-refractivity contribution >= 4 is 16.9 Å². The Morgan fingerprint density at radius 1 is 1.00 bits per heavy atom. The van der Waals surface area contributed by atoms with Gasteiger partial charge in [-0.05, 0) is 55.7 Å². The Balaban J connectivity index is 1.66. The molecule has 0 saturated carbocycles. The van der Waals surface area contributed by atoms with Crippen LogP contribution >= 0.6 is 0 Å². The van der Waals surface area contributed by atoms with Crippen LogP contribution in [-0.2, 0) is 0 Å². The monoisotopic (exact) mass is 333 g/mol. The molecule has 2 heterocycles. The summed E-state index contributed by atoms with van der Waals surface area (Å²) < 4.78 is 2.07. The third kappa shape index (κ3) is 3.16. The van der Waals surface area contributed by atoms with E-state index in [-0.39, 0.29) is 5.91 Å². The van der Waals surface area contributed by atoms with Gasteiger partial charge in [-0.1, -0.05) is 25.0 Å². The van der Waals surface area contributed by atoms with Gasteiger partial charge >= 0.3 is 0 Å². The molecule has 4 nitrogen and oxygen atoms in total. The maximum absolute atomic E-state index is 12.8. The lowest BCUT2D eigenvalue weighted by Gasteiger charge is -2.20. The molecule has 3 aromatic rings. The summed E-state index contributed by atoms with van der Waals surface area (Å²) in [5.74, 6) is 0.133. The molecule has 1 aromatic heterocycles. The molecule has 1 saturated heterocycles. The normalized spacial score (nSPS) is 15.3. The number of aromatic nitrogens is 2. The highest BCUT2D eigenvalue weighted by Crippen LogP contribution is 2.21. The fraction of sp³-hybridized carbons (Fsp3) is 0.333. The van der Waals surface area contributed by atoms with E-state index in [0.29, 0.717) is 0 Å². The first-order valence-corrected chi connectivity index (χ1v) is 9.06. The van der Waals surface area contributed by atoms with Crippen LogP contribution in [-0.4, -0.2) is 33.4 Å². The average molecular weight is 333 g/mol. The molecular weight excluding hydrogens is 310 g/mol.